The van der Waals surface area contributed by atoms with Crippen LogP contribution in [-0.2, 0) is 0 Å². The molecule has 162 valence electrons. The highest BCUT2D eigenvalue weighted by atomic mass is 32.2. The van der Waals surface area contributed by atoms with Crippen molar-refractivity contribution in [2.45, 2.75) is 96.8 Å². The van der Waals surface area contributed by atoms with Crippen molar-refractivity contribution in [2.75, 3.05) is 18.1 Å². The molecule has 0 atom stereocenters. The molecule has 1 rings (SSSR count). The number of nitriles is 1. The summed E-state index contributed by atoms with van der Waals surface area (Å²) in [5.74, 6) is 0. The molecule has 0 radical (unpaired) electrons. The van der Waals surface area contributed by atoms with Crippen LogP contribution in [0, 0.1) is 11.3 Å². The van der Waals surface area contributed by atoms with Crippen LogP contribution < -0.4 is 5.32 Å². The molecule has 0 fully saturated rings. The van der Waals surface area contributed by atoms with E-state index in [1.807, 2.05) is 30.5 Å². The number of anilines is 1. The van der Waals surface area contributed by atoms with Crippen LogP contribution in [0.2, 0.25) is 0 Å². The quantitative estimate of drug-likeness (QED) is 0.168. The average molecular weight is 416 g/mol. The average Bonchev–Trinajstić information content (AvgIpc) is 2.76. The van der Waals surface area contributed by atoms with E-state index >= 15 is 0 Å². The van der Waals surface area contributed by atoms with Gasteiger partial charge in [0.25, 0.3) is 0 Å². The number of amidine groups is 1. The Hall–Kier alpha value is -1.47. The molecule has 0 aliphatic heterocycles. The number of hydrogen-bond donors (Lipinski definition) is 1. The van der Waals surface area contributed by atoms with Crippen molar-refractivity contribution >= 4 is 22.6 Å². The molecule has 0 saturated carbocycles. The van der Waals surface area contributed by atoms with Crippen LogP contribution in [0.25, 0.3) is 0 Å². The van der Waals surface area contributed by atoms with E-state index in [1.54, 1.807) is 11.8 Å². The van der Waals surface area contributed by atoms with Crippen LogP contribution >= 0.6 is 11.8 Å². The zero-order valence-corrected chi connectivity index (χ0v) is 19.5. The van der Waals surface area contributed by atoms with E-state index in [-0.39, 0.29) is 0 Å². The fourth-order valence-electron chi connectivity index (χ4n) is 3.39. The second kappa shape index (κ2) is 18.6. The first-order chi connectivity index (χ1) is 14.3. The molecule has 0 aliphatic rings. The highest BCUT2D eigenvalue weighted by Gasteiger charge is 1.99. The first-order valence-corrected chi connectivity index (χ1v) is 12.9. The van der Waals surface area contributed by atoms with E-state index in [2.05, 4.69) is 23.3 Å². The first kappa shape index (κ1) is 25.6. The van der Waals surface area contributed by atoms with Crippen molar-refractivity contribution in [1.29, 1.82) is 5.26 Å². The van der Waals surface area contributed by atoms with Gasteiger partial charge in [0, 0.05) is 12.2 Å². The first-order valence-electron chi connectivity index (χ1n) is 11.7. The van der Waals surface area contributed by atoms with Crippen molar-refractivity contribution < 1.29 is 0 Å². The maximum atomic E-state index is 8.86. The van der Waals surface area contributed by atoms with Gasteiger partial charge in [-0.2, -0.15) is 5.26 Å². The van der Waals surface area contributed by atoms with Crippen LogP contribution in [0.3, 0.4) is 0 Å². The highest BCUT2D eigenvalue weighted by Crippen LogP contribution is 2.14. The van der Waals surface area contributed by atoms with Gasteiger partial charge in [0.15, 0.2) is 5.17 Å². The molecule has 0 bridgehead atoms. The fourth-order valence-corrected chi connectivity index (χ4v) is 3.83. The van der Waals surface area contributed by atoms with E-state index in [0.717, 1.165) is 23.8 Å². The van der Waals surface area contributed by atoms with Gasteiger partial charge in [-0.15, -0.1) is 0 Å². The lowest BCUT2D eigenvalue weighted by molar-refractivity contribution is 0.536. The lowest BCUT2D eigenvalue weighted by Gasteiger charge is -2.07. The van der Waals surface area contributed by atoms with Crippen LogP contribution in [0.5, 0.6) is 0 Å². The summed E-state index contributed by atoms with van der Waals surface area (Å²) >= 11 is 1.64. The van der Waals surface area contributed by atoms with Gasteiger partial charge in [0.1, 0.15) is 0 Å². The Bertz CT molecular complexity index is 575. The third-order valence-electron chi connectivity index (χ3n) is 5.23. The molecule has 1 aromatic carbocycles. The molecule has 29 heavy (non-hydrogen) atoms. The van der Waals surface area contributed by atoms with Crippen LogP contribution in [0.15, 0.2) is 29.3 Å². The third kappa shape index (κ3) is 14.2. The Labute approximate surface area is 183 Å². The molecule has 0 unspecified atom stereocenters. The molecular weight excluding hydrogens is 374 g/mol. The van der Waals surface area contributed by atoms with Gasteiger partial charge >= 0.3 is 0 Å². The maximum Gasteiger partial charge on any atom is 0.160 e. The Kier molecular flexibility index (Phi) is 16.4. The van der Waals surface area contributed by atoms with E-state index < -0.39 is 0 Å². The molecular formula is C25H41N3S. The number of nitrogens with zero attached hydrogens (tertiary/aromatic N) is 2. The Morgan fingerprint density at radius 1 is 0.828 bits per heavy atom. The molecule has 1 N–H and O–H groups in total. The lowest BCUT2D eigenvalue weighted by Crippen LogP contribution is -2.08. The minimum Gasteiger partial charge on any atom is -0.335 e. The van der Waals surface area contributed by atoms with E-state index in [4.69, 9.17) is 5.26 Å². The van der Waals surface area contributed by atoms with E-state index in [9.17, 15) is 0 Å². The second-order valence-corrected chi connectivity index (χ2v) is 8.60. The van der Waals surface area contributed by atoms with Crippen molar-refractivity contribution in [3.63, 3.8) is 0 Å². The Morgan fingerprint density at radius 2 is 1.31 bits per heavy atom. The van der Waals surface area contributed by atoms with Crippen molar-refractivity contribution in [3.8, 4) is 6.07 Å². The number of unbranched alkanes of at least 4 members (excludes halogenated alkanes) is 13. The molecule has 4 heteroatoms. The van der Waals surface area contributed by atoms with Gasteiger partial charge in [-0.1, -0.05) is 102 Å². The summed E-state index contributed by atoms with van der Waals surface area (Å²) in [5.41, 5.74) is 1.67. The summed E-state index contributed by atoms with van der Waals surface area (Å²) in [7, 11) is 0. The second-order valence-electron chi connectivity index (χ2n) is 7.80. The highest BCUT2D eigenvalue weighted by molar-refractivity contribution is 8.13. The number of thioether (sulfide) groups is 1. The zero-order valence-electron chi connectivity index (χ0n) is 18.7. The van der Waals surface area contributed by atoms with Gasteiger partial charge < -0.3 is 5.32 Å². The Morgan fingerprint density at radius 3 is 1.76 bits per heavy atom. The zero-order chi connectivity index (χ0) is 21.0. The van der Waals surface area contributed by atoms with Crippen molar-refractivity contribution in [2.24, 2.45) is 4.99 Å². The number of nitrogens with one attached hydrogen (secondary N) is 1. The van der Waals surface area contributed by atoms with Crippen LogP contribution in [-0.4, -0.2) is 18.0 Å². The molecule has 3 nitrogen and oxygen atoms in total. The van der Waals surface area contributed by atoms with Crippen molar-refractivity contribution in [1.82, 2.24) is 0 Å². The minimum absolute atomic E-state index is 0.681. The maximum absolute atomic E-state index is 8.86. The number of aliphatic imine (C=N–C) groups is 1. The van der Waals surface area contributed by atoms with Gasteiger partial charge in [-0.05, 0) is 36.9 Å². The summed E-state index contributed by atoms with van der Waals surface area (Å²) in [6.45, 7) is 3.17. The van der Waals surface area contributed by atoms with Crippen LogP contribution in [0.1, 0.15) is 102 Å². The van der Waals surface area contributed by atoms with Gasteiger partial charge in [0.05, 0.1) is 11.6 Å². The molecule has 0 amide bonds. The molecule has 0 aliphatic carbocycles. The fraction of sp³-hybridized carbons (Fsp3) is 0.680. The summed E-state index contributed by atoms with van der Waals surface area (Å²) in [5, 5.41) is 13.1. The SMILES string of the molecule is CCCCCCCCCCCCCCCC/N=C(/Nc1ccc(C#N)cc1)SC. The summed E-state index contributed by atoms with van der Waals surface area (Å²) in [4.78, 5) is 4.68. The van der Waals surface area contributed by atoms with Gasteiger partial charge in [-0.3, -0.25) is 4.99 Å². The lowest BCUT2D eigenvalue weighted by atomic mass is 10.0. The third-order valence-corrected chi connectivity index (χ3v) is 5.84. The molecule has 0 aromatic heterocycles. The summed E-state index contributed by atoms with van der Waals surface area (Å²) < 4.78 is 0. The number of hydrogen-bond acceptors (Lipinski definition) is 3. The monoisotopic (exact) mass is 415 g/mol. The molecule has 0 spiro atoms. The molecule has 0 saturated heterocycles. The predicted octanol–water partition coefficient (Wildman–Crippen LogP) is 8.17. The van der Waals surface area contributed by atoms with E-state index in [1.165, 1.54) is 83.5 Å². The van der Waals surface area contributed by atoms with Gasteiger partial charge in [-0.25, -0.2) is 0 Å². The number of benzene rings is 1. The predicted molar refractivity (Wildman–Crippen MR) is 131 cm³/mol. The smallest absolute Gasteiger partial charge is 0.160 e. The van der Waals surface area contributed by atoms with Crippen LogP contribution in [0.4, 0.5) is 5.69 Å². The molecule has 0 heterocycles. The summed E-state index contributed by atoms with van der Waals surface area (Å²) in [6, 6.07) is 9.65. The Balaban J connectivity index is 1.97. The summed E-state index contributed by atoms with van der Waals surface area (Å²) in [6.07, 6.45) is 21.4. The number of rotatable bonds is 16. The van der Waals surface area contributed by atoms with E-state index in [0.29, 0.717) is 5.56 Å². The largest absolute Gasteiger partial charge is 0.335 e. The minimum atomic E-state index is 0.681. The van der Waals surface area contributed by atoms with Crippen molar-refractivity contribution in [3.05, 3.63) is 29.8 Å². The van der Waals surface area contributed by atoms with Gasteiger partial charge in [0.2, 0.25) is 0 Å². The molecule has 1 aromatic rings. The standard InChI is InChI=1S/C25H41N3S/c1-3-4-5-6-7-8-9-10-11-12-13-14-15-16-21-27-25(29-2)28-24-19-17-23(22-26)18-20-24/h17-20H,3-16,21H2,1-2H3,(H,27,28). The normalized spacial score (nSPS) is 11.4. The topological polar surface area (TPSA) is 48.2 Å².